The van der Waals surface area contributed by atoms with Gasteiger partial charge in [0.1, 0.15) is 12.2 Å². The van der Waals surface area contributed by atoms with Crippen molar-refractivity contribution in [2.75, 3.05) is 147 Å². The normalized spacial score (nSPS) is 32.9. The summed E-state index contributed by atoms with van der Waals surface area (Å²) in [5.41, 5.74) is -1.59. The topological polar surface area (TPSA) is 166 Å². The number of methoxy groups -OCH3 is 3. The van der Waals surface area contributed by atoms with Gasteiger partial charge in [-0.15, -0.1) is 0 Å². The second-order valence-electron chi connectivity index (χ2n) is 11.8. The molecule has 4 rings (SSSR count). The number of hydrogen-bond donors (Lipinski definition) is 0. The molecule has 4 saturated heterocycles. The van der Waals surface area contributed by atoms with Crippen LogP contribution < -0.4 is 0 Å². The van der Waals surface area contributed by atoms with Crippen molar-refractivity contribution in [1.82, 2.24) is 0 Å². The monoisotopic (exact) mass is 816 g/mol. The lowest BCUT2D eigenvalue weighted by molar-refractivity contribution is -0.207. The van der Waals surface area contributed by atoms with E-state index < -0.39 is 57.4 Å². The molecule has 0 bridgehead atoms. The molecule has 18 nitrogen and oxygen atoms in total. The second-order valence-corrected chi connectivity index (χ2v) is 16.6. The van der Waals surface area contributed by atoms with E-state index in [0.717, 1.165) is 12.8 Å². The predicted molar refractivity (Wildman–Crippen MR) is 185 cm³/mol. The number of unbranched alkanes of at least 4 members (excludes halogenated alkanes) is 1. The fourth-order valence-electron chi connectivity index (χ4n) is 4.96. The minimum Gasteiger partial charge on any atom is -0.382 e. The quantitative estimate of drug-likeness (QED) is 0.0874. The second kappa shape index (κ2) is 26.0. The fourth-order valence-corrected chi connectivity index (χ4v) is 9.90. The van der Waals surface area contributed by atoms with Gasteiger partial charge in [-0.3, -0.25) is 0 Å². The van der Waals surface area contributed by atoms with Crippen LogP contribution in [0, 0.1) is 10.8 Å². The fraction of sp³-hybridized carbons (Fsp3) is 1.00. The van der Waals surface area contributed by atoms with Crippen molar-refractivity contribution in [1.29, 1.82) is 0 Å². The van der Waals surface area contributed by atoms with Gasteiger partial charge in [0, 0.05) is 27.9 Å². The molecule has 51 heavy (non-hydrogen) atoms. The summed E-state index contributed by atoms with van der Waals surface area (Å²) in [6, 6.07) is 0. The van der Waals surface area contributed by atoms with Crippen LogP contribution in [0.3, 0.4) is 0 Å². The molecule has 0 aromatic carbocycles. The molecule has 4 aliphatic heterocycles. The minimum absolute atomic E-state index is 0.214. The Morgan fingerprint density at radius 1 is 0.431 bits per heavy atom. The van der Waals surface area contributed by atoms with Gasteiger partial charge in [0.2, 0.25) is 0 Å². The highest BCUT2D eigenvalue weighted by atomic mass is 31.2. The van der Waals surface area contributed by atoms with Gasteiger partial charge in [-0.05, 0) is 6.42 Å². The van der Waals surface area contributed by atoms with Crippen LogP contribution in [-0.2, 0) is 82.7 Å². The van der Waals surface area contributed by atoms with Gasteiger partial charge in [0.15, 0.2) is 0 Å². The average Bonchev–Trinajstić information content (AvgIpc) is 3.16. The summed E-state index contributed by atoms with van der Waals surface area (Å²) in [5, 5.41) is 0. The summed E-state index contributed by atoms with van der Waals surface area (Å²) in [6.45, 7) is 8.85. The Hall–Kier alpha value is 1.000. The summed E-state index contributed by atoms with van der Waals surface area (Å²) >= 11 is 0. The van der Waals surface area contributed by atoms with Gasteiger partial charge in [-0.25, -0.2) is 0 Å². The van der Waals surface area contributed by atoms with Crippen LogP contribution in [0.15, 0.2) is 0 Å². The molecule has 4 fully saturated rings. The lowest BCUT2D eigenvalue weighted by Crippen LogP contribution is -2.64. The number of rotatable bonds is 26. The van der Waals surface area contributed by atoms with Gasteiger partial charge in [-0.2, -0.15) is 0 Å². The summed E-state index contributed by atoms with van der Waals surface area (Å²) in [7, 11) is -1.92. The van der Waals surface area contributed by atoms with Crippen molar-refractivity contribution in [2.45, 2.75) is 32.0 Å². The molecular weight excluding hydrogens is 760 g/mol. The summed E-state index contributed by atoms with van der Waals surface area (Å²) in [4.78, 5) is 0. The van der Waals surface area contributed by atoms with Crippen LogP contribution in [0.5, 0.6) is 0 Å². The molecule has 22 heteroatoms. The van der Waals surface area contributed by atoms with Gasteiger partial charge in [-0.1, -0.05) is 13.3 Å². The van der Waals surface area contributed by atoms with Gasteiger partial charge >= 0.3 is 34.4 Å². The first kappa shape index (κ1) is 44.7. The third kappa shape index (κ3) is 15.1. The summed E-state index contributed by atoms with van der Waals surface area (Å²) in [6.07, 6.45) is 0.756. The Bertz CT molecular complexity index is 880. The molecule has 0 saturated carbocycles. The van der Waals surface area contributed by atoms with Crippen LogP contribution in [0.25, 0.3) is 0 Å². The van der Waals surface area contributed by atoms with E-state index in [0.29, 0.717) is 72.7 Å². The Kier molecular flexibility index (Phi) is 22.8. The van der Waals surface area contributed by atoms with Crippen LogP contribution in [0.4, 0.5) is 0 Å². The first-order chi connectivity index (χ1) is 25.1. The molecule has 4 aliphatic rings. The lowest BCUT2D eigenvalue weighted by atomic mass is 9.72. The molecule has 0 radical (unpaired) electrons. The van der Waals surface area contributed by atoms with Gasteiger partial charge in [0.05, 0.1) is 130 Å². The van der Waals surface area contributed by atoms with Crippen molar-refractivity contribution in [3.63, 3.8) is 0 Å². The molecule has 0 amide bonds. The zero-order chi connectivity index (χ0) is 36.0. The Morgan fingerprint density at radius 3 is 1.14 bits per heavy atom. The molecular formula is C29H56O18P4. The standard InChI is InChI=1S/C29H56O18P4/c1-5-6-7-33-13-17-36-48-40-20-28(21-41-48)24-44-50(38-16-10-32-4)46-26(28)27-29(25-45-51(47-27)39-19-15-35-12-9-31-3)22-42-49(43-23-29)37-18-14-34-11-8-30-2/h26-27H,5-25H2,1-4H3. The zero-order valence-electron chi connectivity index (χ0n) is 30.1. The van der Waals surface area contributed by atoms with E-state index in [9.17, 15) is 0 Å². The van der Waals surface area contributed by atoms with Crippen molar-refractivity contribution >= 4 is 34.4 Å². The third-order valence-corrected chi connectivity index (χ3v) is 12.3. The maximum atomic E-state index is 6.67. The molecule has 4 atom stereocenters. The minimum atomic E-state index is -1.79. The first-order valence-electron chi connectivity index (χ1n) is 17.1. The smallest absolute Gasteiger partial charge is 0.333 e. The van der Waals surface area contributed by atoms with E-state index >= 15 is 0 Å². The molecule has 0 aliphatic carbocycles. The molecule has 0 aromatic rings. The summed E-state index contributed by atoms with van der Waals surface area (Å²) in [5.74, 6) is 0. The van der Waals surface area contributed by atoms with Crippen molar-refractivity contribution in [3.8, 4) is 0 Å². The van der Waals surface area contributed by atoms with Gasteiger partial charge in [0.25, 0.3) is 0 Å². The number of ether oxygens (including phenoxy) is 6. The van der Waals surface area contributed by atoms with E-state index in [2.05, 4.69) is 6.92 Å². The van der Waals surface area contributed by atoms with Crippen LogP contribution >= 0.6 is 34.4 Å². The van der Waals surface area contributed by atoms with Crippen LogP contribution in [-0.4, -0.2) is 159 Å². The molecule has 300 valence electrons. The van der Waals surface area contributed by atoms with E-state index in [1.54, 1.807) is 21.3 Å². The number of hydrogen-bond acceptors (Lipinski definition) is 18. The van der Waals surface area contributed by atoms with E-state index in [1.807, 2.05) is 0 Å². The maximum absolute atomic E-state index is 6.67. The molecule has 4 unspecified atom stereocenters. The highest BCUT2D eigenvalue weighted by Crippen LogP contribution is 2.62. The van der Waals surface area contributed by atoms with E-state index in [1.165, 1.54) is 0 Å². The van der Waals surface area contributed by atoms with E-state index in [4.69, 9.17) is 82.7 Å². The highest BCUT2D eigenvalue weighted by molar-refractivity contribution is 7.42. The van der Waals surface area contributed by atoms with Crippen molar-refractivity contribution < 1.29 is 82.7 Å². The SMILES string of the molecule is CCCCOCCOP1OCC2(CO1)COP(OCCOC)OC2C1OP(OCCOCCOC)OCC12COP(OCCOCCOC)OC2. The lowest BCUT2D eigenvalue weighted by Gasteiger charge is -2.55. The zero-order valence-corrected chi connectivity index (χ0v) is 33.7. The highest BCUT2D eigenvalue weighted by Gasteiger charge is 2.62. The maximum Gasteiger partial charge on any atom is 0.333 e. The van der Waals surface area contributed by atoms with E-state index in [-0.39, 0.29) is 52.9 Å². The summed E-state index contributed by atoms with van der Waals surface area (Å²) < 4.78 is 106. The molecule has 2 spiro atoms. The molecule has 0 aromatic heterocycles. The predicted octanol–water partition coefficient (Wildman–Crippen LogP) is 4.65. The molecule has 0 N–H and O–H groups in total. The Morgan fingerprint density at radius 2 is 0.745 bits per heavy atom. The Labute approximate surface area is 306 Å². The first-order valence-corrected chi connectivity index (χ1v) is 21.5. The van der Waals surface area contributed by atoms with Crippen LogP contribution in [0.1, 0.15) is 19.8 Å². The van der Waals surface area contributed by atoms with Crippen molar-refractivity contribution in [3.05, 3.63) is 0 Å². The Balaban J connectivity index is 1.44. The molecule has 4 heterocycles. The van der Waals surface area contributed by atoms with Crippen molar-refractivity contribution in [2.24, 2.45) is 10.8 Å². The largest absolute Gasteiger partial charge is 0.382 e. The third-order valence-electron chi connectivity index (χ3n) is 7.89. The van der Waals surface area contributed by atoms with Gasteiger partial charge < -0.3 is 82.7 Å². The average molecular weight is 817 g/mol. The van der Waals surface area contributed by atoms with Crippen LogP contribution in [0.2, 0.25) is 0 Å².